The van der Waals surface area contributed by atoms with Crippen molar-refractivity contribution >= 4 is 27.7 Å². The number of rotatable bonds is 6. The number of carbonyl (C=O) groups is 2. The van der Waals surface area contributed by atoms with E-state index in [9.17, 15) is 9.59 Å². The van der Waals surface area contributed by atoms with E-state index in [1.807, 2.05) is 6.92 Å². The van der Waals surface area contributed by atoms with Gasteiger partial charge in [0.2, 0.25) is 0 Å². The predicted octanol–water partition coefficient (Wildman–Crippen LogP) is 2.07. The first-order valence-electron chi connectivity index (χ1n) is 4.46. The van der Waals surface area contributed by atoms with Gasteiger partial charge in [-0.2, -0.15) is 0 Å². The molecule has 0 radical (unpaired) electrons. The highest BCUT2D eigenvalue weighted by atomic mass is 79.9. The predicted molar refractivity (Wildman–Crippen MR) is 53.9 cm³/mol. The summed E-state index contributed by atoms with van der Waals surface area (Å²) in [6.45, 7) is 4.02. The molecule has 76 valence electrons. The van der Waals surface area contributed by atoms with Gasteiger partial charge >= 0.3 is 5.97 Å². The molecule has 0 aliphatic carbocycles. The molecule has 0 rings (SSSR count). The van der Waals surface area contributed by atoms with E-state index < -0.39 is 10.8 Å². The third-order valence-corrected chi connectivity index (χ3v) is 2.44. The van der Waals surface area contributed by atoms with Gasteiger partial charge in [0, 0.05) is 6.42 Å². The number of esters is 1. The Morgan fingerprint density at radius 2 is 2.00 bits per heavy atom. The van der Waals surface area contributed by atoms with Crippen molar-refractivity contribution in [3.8, 4) is 0 Å². The summed E-state index contributed by atoms with van der Waals surface area (Å²) in [5.74, 6) is -0.580. The van der Waals surface area contributed by atoms with Crippen molar-refractivity contribution < 1.29 is 14.3 Å². The molecule has 0 heterocycles. The van der Waals surface area contributed by atoms with Crippen molar-refractivity contribution in [3.63, 3.8) is 0 Å². The molecule has 0 aliphatic heterocycles. The molecule has 0 aromatic rings. The third-order valence-electron chi connectivity index (χ3n) is 1.55. The lowest BCUT2D eigenvalue weighted by Gasteiger charge is -2.06. The van der Waals surface area contributed by atoms with E-state index >= 15 is 0 Å². The van der Waals surface area contributed by atoms with Gasteiger partial charge in [-0.1, -0.05) is 29.3 Å². The Labute approximate surface area is 87.0 Å². The Morgan fingerprint density at radius 3 is 2.46 bits per heavy atom. The zero-order valence-corrected chi connectivity index (χ0v) is 9.59. The largest absolute Gasteiger partial charge is 0.465 e. The van der Waals surface area contributed by atoms with Crippen LogP contribution in [0.2, 0.25) is 0 Å². The molecule has 0 N–H and O–H groups in total. The number of hydrogen-bond acceptors (Lipinski definition) is 3. The Morgan fingerprint density at radius 1 is 1.38 bits per heavy atom. The van der Waals surface area contributed by atoms with Gasteiger partial charge < -0.3 is 4.74 Å². The fraction of sp³-hybridized carbons (Fsp3) is 0.778. The summed E-state index contributed by atoms with van der Waals surface area (Å²) >= 11 is 3.02. The highest BCUT2D eigenvalue weighted by Gasteiger charge is 2.23. The van der Waals surface area contributed by atoms with Gasteiger partial charge in [-0.25, -0.2) is 0 Å². The van der Waals surface area contributed by atoms with E-state index in [2.05, 4.69) is 15.9 Å². The normalized spacial score (nSPS) is 12.2. The SMILES string of the molecule is CCCCC(=O)C(Br)C(=O)OCC. The molecule has 13 heavy (non-hydrogen) atoms. The van der Waals surface area contributed by atoms with Crippen LogP contribution in [-0.2, 0) is 14.3 Å². The van der Waals surface area contributed by atoms with Gasteiger partial charge in [-0.15, -0.1) is 0 Å². The molecule has 4 heteroatoms. The second-order valence-electron chi connectivity index (χ2n) is 2.68. The van der Waals surface area contributed by atoms with Crippen LogP contribution in [0.4, 0.5) is 0 Å². The maximum Gasteiger partial charge on any atom is 0.327 e. The molecule has 3 nitrogen and oxygen atoms in total. The Kier molecular flexibility index (Phi) is 6.86. The minimum absolute atomic E-state index is 0.0969. The number of ether oxygens (including phenoxy) is 1. The quantitative estimate of drug-likeness (QED) is 0.412. The van der Waals surface area contributed by atoms with Gasteiger partial charge in [-0.05, 0) is 13.3 Å². The lowest BCUT2D eigenvalue weighted by molar-refractivity contribution is -0.144. The molecular weight excluding hydrogens is 236 g/mol. The number of ketones is 1. The smallest absolute Gasteiger partial charge is 0.327 e. The number of Topliss-reactive ketones (excluding diaryl/α,β-unsaturated/α-hetero) is 1. The van der Waals surface area contributed by atoms with E-state index in [1.54, 1.807) is 6.92 Å². The summed E-state index contributed by atoms with van der Waals surface area (Å²) < 4.78 is 4.70. The third kappa shape index (κ3) is 5.03. The molecule has 0 amide bonds. The van der Waals surface area contributed by atoms with Crippen molar-refractivity contribution in [2.24, 2.45) is 0 Å². The van der Waals surface area contributed by atoms with Gasteiger partial charge in [0.1, 0.15) is 0 Å². The molecule has 0 bridgehead atoms. The topological polar surface area (TPSA) is 43.4 Å². The van der Waals surface area contributed by atoms with Crippen molar-refractivity contribution in [2.45, 2.75) is 37.9 Å². The summed E-state index contributed by atoms with van der Waals surface area (Å²) in [6, 6.07) is 0. The molecule has 0 saturated carbocycles. The Bertz CT molecular complexity index is 180. The minimum Gasteiger partial charge on any atom is -0.465 e. The van der Waals surface area contributed by atoms with Crippen LogP contribution in [0.15, 0.2) is 0 Å². The average molecular weight is 251 g/mol. The number of halogens is 1. The number of alkyl halides is 1. The van der Waals surface area contributed by atoms with Gasteiger partial charge in [-0.3, -0.25) is 9.59 Å². The van der Waals surface area contributed by atoms with Crippen LogP contribution in [-0.4, -0.2) is 23.2 Å². The first-order chi connectivity index (χ1) is 6.13. The van der Waals surface area contributed by atoms with Crippen LogP contribution < -0.4 is 0 Å². The Hall–Kier alpha value is -0.380. The highest BCUT2D eigenvalue weighted by Crippen LogP contribution is 2.09. The molecule has 0 aromatic carbocycles. The van der Waals surface area contributed by atoms with E-state index in [-0.39, 0.29) is 5.78 Å². The zero-order chi connectivity index (χ0) is 10.3. The number of unbranched alkanes of at least 4 members (excludes halogenated alkanes) is 1. The van der Waals surface area contributed by atoms with E-state index in [1.165, 1.54) is 0 Å². The number of hydrogen-bond donors (Lipinski definition) is 0. The van der Waals surface area contributed by atoms with Crippen molar-refractivity contribution in [3.05, 3.63) is 0 Å². The standard InChI is InChI=1S/C9H15BrO3/c1-3-5-6-7(11)8(10)9(12)13-4-2/h8H,3-6H2,1-2H3. The van der Waals surface area contributed by atoms with Crippen LogP contribution in [0.3, 0.4) is 0 Å². The van der Waals surface area contributed by atoms with Gasteiger partial charge in [0.25, 0.3) is 0 Å². The lowest BCUT2D eigenvalue weighted by atomic mass is 10.1. The van der Waals surface area contributed by atoms with E-state index in [0.717, 1.165) is 12.8 Å². The van der Waals surface area contributed by atoms with Crippen LogP contribution in [0.5, 0.6) is 0 Å². The first kappa shape index (κ1) is 12.6. The molecule has 0 aromatic heterocycles. The second kappa shape index (κ2) is 7.06. The molecule has 0 spiro atoms. The van der Waals surface area contributed by atoms with E-state index in [4.69, 9.17) is 4.74 Å². The van der Waals surface area contributed by atoms with Gasteiger partial charge in [0.05, 0.1) is 6.61 Å². The summed E-state index contributed by atoms with van der Waals surface area (Å²) in [4.78, 5) is 21.5. The summed E-state index contributed by atoms with van der Waals surface area (Å²) in [6.07, 6.45) is 2.21. The Balaban J connectivity index is 3.87. The van der Waals surface area contributed by atoms with E-state index in [0.29, 0.717) is 13.0 Å². The fourth-order valence-corrected chi connectivity index (χ4v) is 1.19. The zero-order valence-electron chi connectivity index (χ0n) is 8.01. The average Bonchev–Trinajstić information content (AvgIpc) is 2.13. The molecular formula is C9H15BrO3. The molecule has 1 unspecified atom stereocenters. The van der Waals surface area contributed by atoms with Crippen molar-refractivity contribution in [1.29, 1.82) is 0 Å². The molecule has 0 saturated heterocycles. The van der Waals surface area contributed by atoms with Crippen LogP contribution in [0, 0.1) is 0 Å². The van der Waals surface area contributed by atoms with Crippen molar-refractivity contribution in [1.82, 2.24) is 0 Å². The van der Waals surface area contributed by atoms with Crippen molar-refractivity contribution in [2.75, 3.05) is 6.61 Å². The maximum absolute atomic E-state index is 11.3. The fourth-order valence-electron chi connectivity index (χ4n) is 0.825. The molecule has 0 fully saturated rings. The highest BCUT2D eigenvalue weighted by molar-refractivity contribution is 9.10. The maximum atomic E-state index is 11.3. The first-order valence-corrected chi connectivity index (χ1v) is 5.38. The number of carbonyl (C=O) groups excluding carboxylic acids is 2. The molecule has 0 aliphatic rings. The second-order valence-corrected chi connectivity index (χ2v) is 3.60. The van der Waals surface area contributed by atoms with Crippen LogP contribution >= 0.6 is 15.9 Å². The van der Waals surface area contributed by atoms with Crippen LogP contribution in [0.1, 0.15) is 33.1 Å². The minimum atomic E-state index is -0.779. The van der Waals surface area contributed by atoms with Crippen LogP contribution in [0.25, 0.3) is 0 Å². The summed E-state index contributed by atoms with van der Waals surface area (Å²) in [7, 11) is 0. The molecule has 1 atom stereocenters. The van der Waals surface area contributed by atoms with Gasteiger partial charge in [0.15, 0.2) is 10.6 Å². The summed E-state index contributed by atoms with van der Waals surface area (Å²) in [5, 5.41) is 0. The monoisotopic (exact) mass is 250 g/mol. The lowest BCUT2D eigenvalue weighted by Crippen LogP contribution is -2.26. The summed E-state index contributed by atoms with van der Waals surface area (Å²) in [5.41, 5.74) is 0.